The lowest BCUT2D eigenvalue weighted by atomic mass is 9.72. The molecular formula is C16H21N3OS. The van der Waals surface area contributed by atoms with Crippen LogP contribution in [0.5, 0.6) is 0 Å². The number of aromatic nitrogens is 2. The molecule has 21 heavy (non-hydrogen) atoms. The molecule has 5 heteroatoms. The summed E-state index contributed by atoms with van der Waals surface area (Å²) in [4.78, 5) is 14.4. The Balaban J connectivity index is 1.76. The van der Waals surface area contributed by atoms with Gasteiger partial charge in [-0.2, -0.15) is 5.10 Å². The SMILES string of the molecule is CC(C)(C)[C@@H]1CCc2sc(C(=O)Nc3ccn[nH]3)cc2C1. The molecule has 112 valence electrons. The van der Waals surface area contributed by atoms with E-state index in [9.17, 15) is 4.79 Å². The van der Waals surface area contributed by atoms with E-state index in [0.29, 0.717) is 17.2 Å². The topological polar surface area (TPSA) is 57.8 Å². The zero-order chi connectivity index (χ0) is 15.0. The highest BCUT2D eigenvalue weighted by atomic mass is 32.1. The average Bonchev–Trinajstić information content (AvgIpc) is 3.04. The van der Waals surface area contributed by atoms with Gasteiger partial charge < -0.3 is 5.32 Å². The molecule has 2 N–H and O–H groups in total. The largest absolute Gasteiger partial charge is 0.306 e. The number of fused-ring (bicyclic) bond motifs is 1. The average molecular weight is 303 g/mol. The predicted octanol–water partition coefficient (Wildman–Crippen LogP) is 3.87. The third-order valence-electron chi connectivity index (χ3n) is 4.28. The molecule has 1 amide bonds. The smallest absolute Gasteiger partial charge is 0.266 e. The number of thiophene rings is 1. The van der Waals surface area contributed by atoms with Crippen LogP contribution in [-0.2, 0) is 12.8 Å². The molecule has 0 fully saturated rings. The van der Waals surface area contributed by atoms with E-state index >= 15 is 0 Å². The number of aromatic amines is 1. The Morgan fingerprint density at radius 1 is 1.48 bits per heavy atom. The first kappa shape index (κ1) is 14.3. The Kier molecular flexibility index (Phi) is 3.61. The normalized spacial score (nSPS) is 18.3. The van der Waals surface area contributed by atoms with Gasteiger partial charge in [0.1, 0.15) is 5.82 Å². The van der Waals surface area contributed by atoms with E-state index in [-0.39, 0.29) is 5.91 Å². The second-order valence-electron chi connectivity index (χ2n) is 6.79. The Hall–Kier alpha value is -1.62. The van der Waals surface area contributed by atoms with Crippen LogP contribution in [0.25, 0.3) is 0 Å². The monoisotopic (exact) mass is 303 g/mol. The number of carbonyl (C=O) groups excluding carboxylic acids is 1. The molecule has 0 aromatic carbocycles. The molecular weight excluding hydrogens is 282 g/mol. The van der Waals surface area contributed by atoms with Gasteiger partial charge in [0, 0.05) is 10.9 Å². The standard InChI is InChI=1S/C16H21N3OS/c1-16(2,3)11-4-5-12-10(8-11)9-13(21-12)15(20)18-14-6-7-17-19-14/h6-7,9,11H,4-5,8H2,1-3H3,(H2,17,18,19,20)/t11-/m1/s1. The minimum Gasteiger partial charge on any atom is -0.306 e. The number of aryl methyl sites for hydroxylation is 1. The van der Waals surface area contributed by atoms with Crippen molar-refractivity contribution in [2.45, 2.75) is 40.0 Å². The van der Waals surface area contributed by atoms with Crippen molar-refractivity contribution in [3.05, 3.63) is 33.6 Å². The molecule has 0 unspecified atom stereocenters. The molecule has 0 radical (unpaired) electrons. The number of nitrogens with zero attached hydrogens (tertiary/aromatic N) is 1. The van der Waals surface area contributed by atoms with Crippen molar-refractivity contribution in [2.75, 3.05) is 5.32 Å². The minimum absolute atomic E-state index is 0.0500. The van der Waals surface area contributed by atoms with E-state index in [1.54, 1.807) is 23.6 Å². The Bertz CT molecular complexity index is 637. The Labute approximate surface area is 129 Å². The maximum atomic E-state index is 12.3. The summed E-state index contributed by atoms with van der Waals surface area (Å²) in [6.07, 6.45) is 5.04. The lowest BCUT2D eigenvalue weighted by molar-refractivity contribution is 0.103. The van der Waals surface area contributed by atoms with Gasteiger partial charge in [-0.3, -0.25) is 9.89 Å². The van der Waals surface area contributed by atoms with Gasteiger partial charge in [0.2, 0.25) is 0 Å². The summed E-state index contributed by atoms with van der Waals surface area (Å²) >= 11 is 1.63. The van der Waals surface area contributed by atoms with Gasteiger partial charge in [0.05, 0.1) is 11.1 Å². The third kappa shape index (κ3) is 3.02. The number of rotatable bonds is 2. The van der Waals surface area contributed by atoms with Gasteiger partial charge in [0.25, 0.3) is 5.91 Å². The summed E-state index contributed by atoms with van der Waals surface area (Å²) in [5.41, 5.74) is 1.69. The van der Waals surface area contributed by atoms with Gasteiger partial charge in [-0.05, 0) is 42.2 Å². The molecule has 1 aliphatic carbocycles. The first-order valence-electron chi connectivity index (χ1n) is 7.36. The quantitative estimate of drug-likeness (QED) is 0.884. The number of H-pyrrole nitrogens is 1. The second kappa shape index (κ2) is 5.30. The number of amides is 1. The number of hydrogen-bond donors (Lipinski definition) is 2. The van der Waals surface area contributed by atoms with Crippen LogP contribution in [0, 0.1) is 11.3 Å². The van der Waals surface area contributed by atoms with Gasteiger partial charge in [-0.15, -0.1) is 11.3 Å². The van der Waals surface area contributed by atoms with E-state index in [1.807, 2.05) is 0 Å². The molecule has 4 nitrogen and oxygen atoms in total. The van der Waals surface area contributed by atoms with Crippen LogP contribution < -0.4 is 5.32 Å². The molecule has 0 bridgehead atoms. The maximum absolute atomic E-state index is 12.3. The highest BCUT2D eigenvalue weighted by molar-refractivity contribution is 7.14. The lowest BCUT2D eigenvalue weighted by Crippen LogP contribution is -2.26. The number of carbonyl (C=O) groups is 1. The van der Waals surface area contributed by atoms with E-state index in [0.717, 1.165) is 17.7 Å². The van der Waals surface area contributed by atoms with Gasteiger partial charge in [-0.1, -0.05) is 20.8 Å². The summed E-state index contributed by atoms with van der Waals surface area (Å²) in [6.45, 7) is 6.92. The van der Waals surface area contributed by atoms with Crippen LogP contribution in [0.15, 0.2) is 18.3 Å². The first-order chi connectivity index (χ1) is 9.93. The van der Waals surface area contributed by atoms with Crippen molar-refractivity contribution < 1.29 is 4.79 Å². The van der Waals surface area contributed by atoms with E-state index in [1.165, 1.54) is 16.9 Å². The predicted molar refractivity (Wildman–Crippen MR) is 85.8 cm³/mol. The van der Waals surface area contributed by atoms with Crippen LogP contribution in [0.2, 0.25) is 0 Å². The first-order valence-corrected chi connectivity index (χ1v) is 8.17. The zero-order valence-corrected chi connectivity index (χ0v) is 13.5. The summed E-state index contributed by atoms with van der Waals surface area (Å²) in [5.74, 6) is 1.29. The van der Waals surface area contributed by atoms with Gasteiger partial charge in [-0.25, -0.2) is 0 Å². The number of nitrogens with one attached hydrogen (secondary N) is 2. The summed E-state index contributed by atoms with van der Waals surface area (Å²) in [6, 6.07) is 3.82. The molecule has 0 saturated heterocycles. The van der Waals surface area contributed by atoms with Crippen molar-refractivity contribution >= 4 is 23.1 Å². The molecule has 3 rings (SSSR count). The van der Waals surface area contributed by atoms with Crippen molar-refractivity contribution in [1.29, 1.82) is 0 Å². The summed E-state index contributed by atoms with van der Waals surface area (Å²) < 4.78 is 0. The van der Waals surface area contributed by atoms with E-state index in [4.69, 9.17) is 0 Å². The Morgan fingerprint density at radius 3 is 2.95 bits per heavy atom. The van der Waals surface area contributed by atoms with Crippen molar-refractivity contribution in [3.63, 3.8) is 0 Å². The molecule has 2 aromatic heterocycles. The van der Waals surface area contributed by atoms with Crippen molar-refractivity contribution in [3.8, 4) is 0 Å². The van der Waals surface area contributed by atoms with E-state index < -0.39 is 0 Å². The molecule has 2 heterocycles. The highest BCUT2D eigenvalue weighted by Gasteiger charge is 2.30. The van der Waals surface area contributed by atoms with Crippen molar-refractivity contribution in [2.24, 2.45) is 11.3 Å². The highest BCUT2D eigenvalue weighted by Crippen LogP contribution is 2.40. The summed E-state index contributed by atoms with van der Waals surface area (Å²) in [7, 11) is 0. The maximum Gasteiger partial charge on any atom is 0.266 e. The third-order valence-corrected chi connectivity index (χ3v) is 5.52. The minimum atomic E-state index is -0.0500. The van der Waals surface area contributed by atoms with Gasteiger partial charge in [0.15, 0.2) is 0 Å². The van der Waals surface area contributed by atoms with Crippen LogP contribution in [-0.4, -0.2) is 16.1 Å². The van der Waals surface area contributed by atoms with Crippen LogP contribution >= 0.6 is 11.3 Å². The number of hydrogen-bond acceptors (Lipinski definition) is 3. The fourth-order valence-corrected chi connectivity index (χ4v) is 3.99. The molecule has 0 saturated carbocycles. The fraction of sp³-hybridized carbons (Fsp3) is 0.500. The summed E-state index contributed by atoms with van der Waals surface area (Å²) in [5, 5.41) is 9.43. The zero-order valence-electron chi connectivity index (χ0n) is 12.7. The van der Waals surface area contributed by atoms with E-state index in [2.05, 4.69) is 42.4 Å². The van der Waals surface area contributed by atoms with Gasteiger partial charge >= 0.3 is 0 Å². The van der Waals surface area contributed by atoms with Crippen LogP contribution in [0.1, 0.15) is 47.3 Å². The van der Waals surface area contributed by atoms with Crippen molar-refractivity contribution in [1.82, 2.24) is 10.2 Å². The van der Waals surface area contributed by atoms with Crippen LogP contribution in [0.3, 0.4) is 0 Å². The Morgan fingerprint density at radius 2 is 2.29 bits per heavy atom. The molecule has 0 aliphatic heterocycles. The fourth-order valence-electron chi connectivity index (χ4n) is 2.88. The second-order valence-corrected chi connectivity index (χ2v) is 7.93. The molecule has 1 aliphatic rings. The number of anilines is 1. The van der Waals surface area contributed by atoms with Crippen LogP contribution in [0.4, 0.5) is 5.82 Å². The molecule has 1 atom stereocenters. The molecule has 0 spiro atoms. The molecule has 2 aromatic rings. The lowest BCUT2D eigenvalue weighted by Gasteiger charge is -2.33.